The topological polar surface area (TPSA) is 110 Å². The summed E-state index contributed by atoms with van der Waals surface area (Å²) in [4.78, 5) is 24.5. The summed E-state index contributed by atoms with van der Waals surface area (Å²) in [5.41, 5.74) is 0.798. The van der Waals surface area contributed by atoms with E-state index in [2.05, 4.69) is 5.32 Å². The van der Waals surface area contributed by atoms with E-state index in [0.717, 1.165) is 18.5 Å². The molecule has 0 spiro atoms. The van der Waals surface area contributed by atoms with E-state index in [4.69, 9.17) is 0 Å². The van der Waals surface area contributed by atoms with Gasteiger partial charge in [0.1, 0.15) is 0 Å². The molecule has 1 saturated heterocycles. The van der Waals surface area contributed by atoms with Crippen LogP contribution in [0.4, 0.5) is 11.4 Å². The lowest BCUT2D eigenvalue weighted by Gasteiger charge is -2.28. The van der Waals surface area contributed by atoms with Crippen molar-refractivity contribution in [1.82, 2.24) is 4.90 Å². The maximum absolute atomic E-state index is 12.6. The minimum atomic E-state index is -3.02. The lowest BCUT2D eigenvalue weighted by molar-refractivity contribution is -0.384. The summed E-state index contributed by atoms with van der Waals surface area (Å²) in [7, 11) is -3.02. The number of carbonyl (C=O) groups excluding carboxylic acids is 1. The van der Waals surface area contributed by atoms with E-state index in [9.17, 15) is 23.3 Å². The number of benzene rings is 1. The van der Waals surface area contributed by atoms with E-state index in [1.54, 1.807) is 17.0 Å². The van der Waals surface area contributed by atoms with Gasteiger partial charge in [-0.1, -0.05) is 13.3 Å². The molecule has 1 aromatic carbocycles. The highest BCUT2D eigenvalue weighted by atomic mass is 32.2. The third-order valence-corrected chi connectivity index (χ3v) is 6.45. The molecule has 1 heterocycles. The predicted octanol–water partition coefficient (Wildman–Crippen LogP) is 2.60. The number of non-ortho nitro benzene ring substituents is 1. The zero-order valence-electron chi connectivity index (χ0n) is 15.6. The lowest BCUT2D eigenvalue weighted by Crippen LogP contribution is -2.41. The van der Waals surface area contributed by atoms with Crippen LogP contribution in [0.3, 0.4) is 0 Å². The molecule has 0 bridgehead atoms. The molecular formula is C18H27N3O5S. The van der Waals surface area contributed by atoms with Gasteiger partial charge in [-0.3, -0.25) is 14.9 Å². The van der Waals surface area contributed by atoms with E-state index in [1.807, 2.05) is 6.92 Å². The summed E-state index contributed by atoms with van der Waals surface area (Å²) in [6.07, 6.45) is 3.30. The number of anilines is 1. The van der Waals surface area contributed by atoms with Gasteiger partial charge in [-0.15, -0.1) is 0 Å². The van der Waals surface area contributed by atoms with E-state index >= 15 is 0 Å². The van der Waals surface area contributed by atoms with Crippen LogP contribution in [-0.4, -0.2) is 54.8 Å². The first-order valence-corrected chi connectivity index (χ1v) is 11.1. The highest BCUT2D eigenvalue weighted by molar-refractivity contribution is 7.91. The summed E-state index contributed by atoms with van der Waals surface area (Å²) in [6, 6.07) is 5.94. The summed E-state index contributed by atoms with van der Waals surface area (Å²) < 4.78 is 23.5. The third kappa shape index (κ3) is 6.50. The summed E-state index contributed by atoms with van der Waals surface area (Å²) in [5.74, 6) is 0.231. The minimum absolute atomic E-state index is 0.00366. The monoisotopic (exact) mass is 397 g/mol. The smallest absolute Gasteiger partial charge is 0.269 e. The number of nitro groups is 1. The Hall–Kier alpha value is -2.16. The van der Waals surface area contributed by atoms with Gasteiger partial charge in [0, 0.05) is 43.4 Å². The molecule has 0 saturated carbocycles. The molecular weight excluding hydrogens is 370 g/mol. The molecule has 8 nitrogen and oxygen atoms in total. The molecule has 1 unspecified atom stereocenters. The molecule has 0 aliphatic carbocycles. The summed E-state index contributed by atoms with van der Waals surface area (Å²) in [5, 5.41) is 13.8. The maximum atomic E-state index is 12.6. The zero-order chi connectivity index (χ0) is 19.9. The molecule has 0 aromatic heterocycles. The number of rotatable bonds is 10. The van der Waals surface area contributed by atoms with Crippen molar-refractivity contribution < 1.29 is 18.1 Å². The van der Waals surface area contributed by atoms with Crippen LogP contribution in [0, 0.1) is 10.1 Å². The van der Waals surface area contributed by atoms with Crippen molar-refractivity contribution in [2.24, 2.45) is 0 Å². The van der Waals surface area contributed by atoms with Crippen molar-refractivity contribution in [3.05, 3.63) is 34.4 Å². The molecule has 9 heteroatoms. The quantitative estimate of drug-likeness (QED) is 0.369. The van der Waals surface area contributed by atoms with Gasteiger partial charge in [0.25, 0.3) is 5.69 Å². The van der Waals surface area contributed by atoms with Crippen LogP contribution < -0.4 is 5.32 Å². The normalized spacial score (nSPS) is 18.2. The highest BCUT2D eigenvalue weighted by Crippen LogP contribution is 2.20. The van der Waals surface area contributed by atoms with Crippen molar-refractivity contribution in [1.29, 1.82) is 0 Å². The number of hydrogen-bond acceptors (Lipinski definition) is 6. The Morgan fingerprint density at radius 2 is 2.00 bits per heavy atom. The molecule has 0 radical (unpaired) electrons. The first-order valence-electron chi connectivity index (χ1n) is 9.30. The van der Waals surface area contributed by atoms with Gasteiger partial charge >= 0.3 is 0 Å². The number of nitro benzene ring substituents is 1. The van der Waals surface area contributed by atoms with Gasteiger partial charge in [-0.25, -0.2) is 8.42 Å². The predicted molar refractivity (Wildman–Crippen MR) is 104 cm³/mol. The van der Waals surface area contributed by atoms with Crippen molar-refractivity contribution in [2.45, 2.75) is 45.1 Å². The standard InChI is InChI=1S/C18H27N3O5S/c1-2-3-12-20(17-10-13-27(25,26)14-17)18(22)5-4-11-19-15-6-8-16(9-7-15)21(23)24/h6-9,17,19H,2-5,10-14H2,1H3. The Kier molecular flexibility index (Phi) is 7.58. The first-order chi connectivity index (χ1) is 12.8. The van der Waals surface area contributed by atoms with Crippen LogP contribution in [0.15, 0.2) is 24.3 Å². The highest BCUT2D eigenvalue weighted by Gasteiger charge is 2.33. The zero-order valence-corrected chi connectivity index (χ0v) is 16.4. The maximum Gasteiger partial charge on any atom is 0.269 e. The number of nitrogens with zero attached hydrogens (tertiary/aromatic N) is 2. The number of hydrogen-bond donors (Lipinski definition) is 1. The average Bonchev–Trinajstić information content (AvgIpc) is 2.99. The van der Waals surface area contributed by atoms with E-state index in [1.165, 1.54) is 12.1 Å². The molecule has 1 atom stereocenters. The van der Waals surface area contributed by atoms with Gasteiger partial charge in [-0.2, -0.15) is 0 Å². The van der Waals surface area contributed by atoms with Crippen LogP contribution in [0.5, 0.6) is 0 Å². The molecule has 1 aliphatic rings. The Bertz CT molecular complexity index is 749. The molecule has 27 heavy (non-hydrogen) atoms. The molecule has 150 valence electrons. The van der Waals surface area contributed by atoms with Gasteiger partial charge in [-0.05, 0) is 31.4 Å². The lowest BCUT2D eigenvalue weighted by atomic mass is 10.1. The average molecular weight is 397 g/mol. The summed E-state index contributed by atoms with van der Waals surface area (Å²) >= 11 is 0. The van der Waals surface area contributed by atoms with Crippen LogP contribution in [-0.2, 0) is 14.6 Å². The fourth-order valence-corrected chi connectivity index (χ4v) is 4.91. The van der Waals surface area contributed by atoms with Gasteiger partial charge in [0.2, 0.25) is 5.91 Å². The molecule has 1 aliphatic heterocycles. The molecule has 1 amide bonds. The van der Waals surface area contributed by atoms with Crippen molar-refractivity contribution in [3.63, 3.8) is 0 Å². The van der Waals surface area contributed by atoms with Crippen molar-refractivity contribution in [3.8, 4) is 0 Å². The number of amides is 1. The van der Waals surface area contributed by atoms with E-state index in [-0.39, 0.29) is 29.1 Å². The second-order valence-electron chi connectivity index (χ2n) is 6.83. The Morgan fingerprint density at radius 1 is 1.30 bits per heavy atom. The third-order valence-electron chi connectivity index (χ3n) is 4.70. The second kappa shape index (κ2) is 9.68. The Balaban J connectivity index is 1.81. The second-order valence-corrected chi connectivity index (χ2v) is 9.06. The number of carbonyl (C=O) groups is 1. The van der Waals surface area contributed by atoms with Gasteiger partial charge in [0.15, 0.2) is 9.84 Å². The largest absolute Gasteiger partial charge is 0.385 e. The van der Waals surface area contributed by atoms with Crippen LogP contribution >= 0.6 is 0 Å². The number of unbranched alkanes of at least 4 members (excludes halogenated alkanes) is 1. The van der Waals surface area contributed by atoms with E-state index in [0.29, 0.717) is 32.4 Å². The fourth-order valence-electron chi connectivity index (χ4n) is 3.18. The molecule has 2 rings (SSSR count). The Labute approximate surface area is 160 Å². The van der Waals surface area contributed by atoms with Crippen LogP contribution in [0.2, 0.25) is 0 Å². The van der Waals surface area contributed by atoms with E-state index < -0.39 is 14.8 Å². The molecule has 1 aromatic rings. The minimum Gasteiger partial charge on any atom is -0.385 e. The van der Waals surface area contributed by atoms with Crippen molar-refractivity contribution >= 4 is 27.1 Å². The van der Waals surface area contributed by atoms with Gasteiger partial charge in [0.05, 0.1) is 16.4 Å². The summed E-state index contributed by atoms with van der Waals surface area (Å²) in [6.45, 7) is 3.21. The SMILES string of the molecule is CCCCN(C(=O)CCCNc1ccc([N+](=O)[O-])cc1)C1CCS(=O)(=O)C1. The number of sulfone groups is 1. The molecule has 1 N–H and O–H groups in total. The Morgan fingerprint density at radius 3 is 2.56 bits per heavy atom. The number of nitrogens with one attached hydrogen (secondary N) is 1. The first kappa shape index (κ1) is 21.1. The fraction of sp³-hybridized carbons (Fsp3) is 0.611. The molecule has 1 fully saturated rings. The van der Waals surface area contributed by atoms with Crippen molar-refractivity contribution in [2.75, 3.05) is 29.9 Å². The van der Waals surface area contributed by atoms with Crippen LogP contribution in [0.1, 0.15) is 39.0 Å². The van der Waals surface area contributed by atoms with Gasteiger partial charge < -0.3 is 10.2 Å². The van der Waals surface area contributed by atoms with Crippen LogP contribution in [0.25, 0.3) is 0 Å².